The first kappa shape index (κ1) is 15.4. The standard InChI is InChI=1S/C18H30N2/c1-7-18(6)12-20(17(11-19-18)13(2)3)16-9-8-14(4)15(5)10-16/h8-10,13,17,19H,7,11-12H2,1-6H3. The van der Waals surface area contributed by atoms with Gasteiger partial charge in [0.2, 0.25) is 0 Å². The van der Waals surface area contributed by atoms with Crippen LogP contribution in [-0.4, -0.2) is 24.7 Å². The molecule has 20 heavy (non-hydrogen) atoms. The SMILES string of the molecule is CCC1(C)CN(c2ccc(C)c(C)c2)C(C(C)C)CN1. The van der Waals surface area contributed by atoms with Crippen LogP contribution in [0.4, 0.5) is 5.69 Å². The lowest BCUT2D eigenvalue weighted by molar-refractivity contribution is 0.253. The summed E-state index contributed by atoms with van der Waals surface area (Å²) >= 11 is 0. The van der Waals surface area contributed by atoms with Gasteiger partial charge in [-0.2, -0.15) is 0 Å². The third-order valence-electron chi connectivity index (χ3n) is 5.03. The maximum atomic E-state index is 3.76. The van der Waals surface area contributed by atoms with Crippen molar-refractivity contribution in [3.8, 4) is 0 Å². The van der Waals surface area contributed by atoms with Gasteiger partial charge in [-0.3, -0.25) is 0 Å². The Morgan fingerprint density at radius 2 is 2.00 bits per heavy atom. The third kappa shape index (κ3) is 3.01. The summed E-state index contributed by atoms with van der Waals surface area (Å²) in [5.41, 5.74) is 4.38. The largest absolute Gasteiger partial charge is 0.365 e. The molecule has 1 saturated heterocycles. The van der Waals surface area contributed by atoms with Gasteiger partial charge in [-0.15, -0.1) is 0 Å². The van der Waals surface area contributed by atoms with E-state index in [9.17, 15) is 0 Å². The number of nitrogens with one attached hydrogen (secondary N) is 1. The summed E-state index contributed by atoms with van der Waals surface area (Å²) in [6.07, 6.45) is 1.17. The fourth-order valence-electron chi connectivity index (χ4n) is 3.03. The van der Waals surface area contributed by atoms with Gasteiger partial charge in [-0.25, -0.2) is 0 Å². The summed E-state index contributed by atoms with van der Waals surface area (Å²) in [5, 5.41) is 3.76. The summed E-state index contributed by atoms with van der Waals surface area (Å²) in [5.74, 6) is 0.658. The van der Waals surface area contributed by atoms with Gasteiger partial charge in [-0.1, -0.05) is 26.8 Å². The summed E-state index contributed by atoms with van der Waals surface area (Å²) in [6, 6.07) is 7.48. The van der Waals surface area contributed by atoms with Crippen LogP contribution in [0.3, 0.4) is 0 Å². The van der Waals surface area contributed by atoms with Crippen molar-refractivity contribution >= 4 is 5.69 Å². The molecule has 0 aromatic heterocycles. The molecule has 1 heterocycles. The Morgan fingerprint density at radius 1 is 1.30 bits per heavy atom. The fraction of sp³-hybridized carbons (Fsp3) is 0.667. The van der Waals surface area contributed by atoms with Crippen molar-refractivity contribution in [3.05, 3.63) is 29.3 Å². The van der Waals surface area contributed by atoms with Crippen LogP contribution in [0, 0.1) is 19.8 Å². The molecule has 2 rings (SSSR count). The smallest absolute Gasteiger partial charge is 0.0438 e. The molecule has 1 aromatic rings. The number of piperazine rings is 1. The highest BCUT2D eigenvalue weighted by molar-refractivity contribution is 5.52. The molecule has 112 valence electrons. The summed E-state index contributed by atoms with van der Waals surface area (Å²) in [6.45, 7) is 15.9. The van der Waals surface area contributed by atoms with Crippen LogP contribution in [0.15, 0.2) is 18.2 Å². The van der Waals surface area contributed by atoms with Gasteiger partial charge in [0, 0.05) is 30.4 Å². The summed E-state index contributed by atoms with van der Waals surface area (Å²) in [4.78, 5) is 2.62. The zero-order chi connectivity index (χ0) is 14.9. The molecule has 1 aliphatic rings. The molecule has 1 fully saturated rings. The van der Waals surface area contributed by atoms with Gasteiger partial charge in [0.1, 0.15) is 0 Å². The van der Waals surface area contributed by atoms with Crippen molar-refractivity contribution in [1.29, 1.82) is 0 Å². The van der Waals surface area contributed by atoms with E-state index in [1.165, 1.54) is 23.2 Å². The Morgan fingerprint density at radius 3 is 2.55 bits per heavy atom. The van der Waals surface area contributed by atoms with Gasteiger partial charge in [0.05, 0.1) is 0 Å². The van der Waals surface area contributed by atoms with Crippen LogP contribution < -0.4 is 10.2 Å². The zero-order valence-corrected chi connectivity index (χ0v) is 14.0. The number of hydrogen-bond acceptors (Lipinski definition) is 2. The number of nitrogens with zero attached hydrogens (tertiary/aromatic N) is 1. The average Bonchev–Trinajstić information content (AvgIpc) is 2.41. The molecule has 0 aliphatic carbocycles. The first-order valence-corrected chi connectivity index (χ1v) is 7.95. The van der Waals surface area contributed by atoms with E-state index in [1.54, 1.807) is 0 Å². The van der Waals surface area contributed by atoms with Gasteiger partial charge in [0.25, 0.3) is 0 Å². The predicted molar refractivity (Wildman–Crippen MR) is 88.6 cm³/mol. The van der Waals surface area contributed by atoms with E-state index < -0.39 is 0 Å². The third-order valence-corrected chi connectivity index (χ3v) is 5.03. The van der Waals surface area contributed by atoms with Gasteiger partial charge in [-0.05, 0) is 56.4 Å². The summed E-state index contributed by atoms with van der Waals surface area (Å²) < 4.78 is 0. The van der Waals surface area contributed by atoms with Crippen LogP contribution in [0.1, 0.15) is 45.2 Å². The average molecular weight is 274 g/mol. The Balaban J connectivity index is 2.33. The first-order chi connectivity index (χ1) is 9.36. The monoisotopic (exact) mass is 274 g/mol. The van der Waals surface area contributed by atoms with E-state index in [0.29, 0.717) is 12.0 Å². The summed E-state index contributed by atoms with van der Waals surface area (Å²) in [7, 11) is 0. The maximum absolute atomic E-state index is 3.76. The second kappa shape index (κ2) is 5.77. The molecule has 0 radical (unpaired) electrons. The predicted octanol–water partition coefficient (Wildman–Crippen LogP) is 3.91. The van der Waals surface area contributed by atoms with E-state index in [4.69, 9.17) is 0 Å². The molecule has 0 spiro atoms. The molecule has 0 amide bonds. The molecule has 0 saturated carbocycles. The van der Waals surface area contributed by atoms with Gasteiger partial charge < -0.3 is 10.2 Å². The molecule has 1 aliphatic heterocycles. The normalized spacial score (nSPS) is 27.1. The zero-order valence-electron chi connectivity index (χ0n) is 14.0. The lowest BCUT2D eigenvalue weighted by Crippen LogP contribution is -2.64. The van der Waals surface area contributed by atoms with E-state index in [1.807, 2.05) is 0 Å². The van der Waals surface area contributed by atoms with Gasteiger partial charge in [0.15, 0.2) is 0 Å². The Kier molecular flexibility index (Phi) is 4.43. The van der Waals surface area contributed by atoms with Crippen LogP contribution >= 0.6 is 0 Å². The van der Waals surface area contributed by atoms with Crippen molar-refractivity contribution in [2.45, 2.75) is 59.5 Å². The van der Waals surface area contributed by atoms with E-state index in [-0.39, 0.29) is 5.54 Å². The molecule has 0 bridgehead atoms. The molecular formula is C18H30N2. The van der Waals surface area contributed by atoms with Crippen LogP contribution in [0.2, 0.25) is 0 Å². The highest BCUT2D eigenvalue weighted by atomic mass is 15.3. The quantitative estimate of drug-likeness (QED) is 0.899. The minimum absolute atomic E-state index is 0.226. The molecule has 2 nitrogen and oxygen atoms in total. The van der Waals surface area contributed by atoms with Crippen LogP contribution in [0.5, 0.6) is 0 Å². The number of aryl methyl sites for hydroxylation is 2. The van der Waals surface area contributed by atoms with Crippen LogP contribution in [0.25, 0.3) is 0 Å². The molecule has 1 aromatic carbocycles. The molecular weight excluding hydrogens is 244 g/mol. The van der Waals surface area contributed by atoms with Crippen molar-refractivity contribution in [2.24, 2.45) is 5.92 Å². The lowest BCUT2D eigenvalue weighted by atomic mass is 9.89. The number of hydrogen-bond donors (Lipinski definition) is 1. The van der Waals surface area contributed by atoms with Crippen molar-refractivity contribution in [3.63, 3.8) is 0 Å². The minimum Gasteiger partial charge on any atom is -0.365 e. The molecule has 2 heteroatoms. The van der Waals surface area contributed by atoms with E-state index in [0.717, 1.165) is 13.1 Å². The van der Waals surface area contributed by atoms with Crippen molar-refractivity contribution in [2.75, 3.05) is 18.0 Å². The fourth-order valence-corrected chi connectivity index (χ4v) is 3.03. The second-order valence-corrected chi connectivity index (χ2v) is 7.00. The van der Waals surface area contributed by atoms with E-state index >= 15 is 0 Å². The highest BCUT2D eigenvalue weighted by Gasteiger charge is 2.35. The minimum atomic E-state index is 0.226. The Hall–Kier alpha value is -1.02. The number of anilines is 1. The maximum Gasteiger partial charge on any atom is 0.0438 e. The molecule has 2 atom stereocenters. The molecule has 1 N–H and O–H groups in total. The number of rotatable bonds is 3. The highest BCUT2D eigenvalue weighted by Crippen LogP contribution is 2.29. The first-order valence-electron chi connectivity index (χ1n) is 7.95. The Bertz CT molecular complexity index is 466. The lowest BCUT2D eigenvalue weighted by Gasteiger charge is -2.49. The number of benzene rings is 1. The Labute approximate surface area is 124 Å². The molecule has 2 unspecified atom stereocenters. The van der Waals surface area contributed by atoms with Gasteiger partial charge >= 0.3 is 0 Å². The van der Waals surface area contributed by atoms with Crippen LogP contribution in [-0.2, 0) is 0 Å². The van der Waals surface area contributed by atoms with E-state index in [2.05, 4.69) is 70.0 Å². The van der Waals surface area contributed by atoms with Crippen molar-refractivity contribution in [1.82, 2.24) is 5.32 Å². The topological polar surface area (TPSA) is 15.3 Å². The second-order valence-electron chi connectivity index (χ2n) is 7.00. The van der Waals surface area contributed by atoms with Crippen molar-refractivity contribution < 1.29 is 0 Å².